The van der Waals surface area contributed by atoms with E-state index in [1.807, 2.05) is 18.2 Å². The summed E-state index contributed by atoms with van der Waals surface area (Å²) in [6.45, 7) is 0.568. The van der Waals surface area contributed by atoms with Crippen molar-refractivity contribution in [2.45, 2.75) is 38.4 Å². The predicted octanol–water partition coefficient (Wildman–Crippen LogP) is 3.32. The summed E-state index contributed by atoms with van der Waals surface area (Å²) >= 11 is 1.68. The molecule has 18 heavy (non-hydrogen) atoms. The molecule has 1 aromatic heterocycles. The molecule has 0 aliphatic heterocycles. The van der Waals surface area contributed by atoms with Crippen LogP contribution >= 0.6 is 11.3 Å². The number of para-hydroxylation sites is 1. The van der Waals surface area contributed by atoms with Gasteiger partial charge in [0.05, 0.1) is 22.9 Å². The van der Waals surface area contributed by atoms with Crippen LogP contribution < -0.4 is 0 Å². The van der Waals surface area contributed by atoms with E-state index in [0.717, 1.165) is 23.4 Å². The van der Waals surface area contributed by atoms with Crippen molar-refractivity contribution in [3.63, 3.8) is 0 Å². The van der Waals surface area contributed by atoms with Crippen molar-refractivity contribution in [2.75, 3.05) is 0 Å². The molecule has 1 aliphatic carbocycles. The minimum atomic E-state index is 0.231. The number of carbonyl (C=O) groups excluding carboxylic acids is 1. The van der Waals surface area contributed by atoms with Crippen LogP contribution in [0.5, 0.6) is 0 Å². The zero-order chi connectivity index (χ0) is 12.4. The molecule has 0 unspecified atom stereocenters. The lowest BCUT2D eigenvalue weighted by Gasteiger charge is -2.20. The molecule has 1 heterocycles. The SMILES string of the molecule is O=C1CCC(OCc2nc3ccccc3s2)CC1. The molecule has 3 nitrogen and oxygen atoms in total. The van der Waals surface area contributed by atoms with Gasteiger partial charge in [-0.2, -0.15) is 0 Å². The van der Waals surface area contributed by atoms with Crippen molar-refractivity contribution in [1.82, 2.24) is 4.98 Å². The lowest BCUT2D eigenvalue weighted by atomic mass is 9.97. The van der Waals surface area contributed by atoms with E-state index in [1.165, 1.54) is 4.70 Å². The van der Waals surface area contributed by atoms with Crippen molar-refractivity contribution in [3.05, 3.63) is 29.3 Å². The van der Waals surface area contributed by atoms with Crippen LogP contribution in [0.4, 0.5) is 0 Å². The Balaban J connectivity index is 1.61. The van der Waals surface area contributed by atoms with Gasteiger partial charge in [-0.25, -0.2) is 4.98 Å². The van der Waals surface area contributed by atoms with E-state index in [0.29, 0.717) is 25.2 Å². The molecule has 0 radical (unpaired) electrons. The standard InChI is InChI=1S/C14H15NO2S/c16-10-5-7-11(8-6-10)17-9-14-15-12-3-1-2-4-13(12)18-14/h1-4,11H,5-9H2. The van der Waals surface area contributed by atoms with Crippen LogP contribution in [0.1, 0.15) is 30.7 Å². The minimum absolute atomic E-state index is 0.231. The summed E-state index contributed by atoms with van der Waals surface area (Å²) in [6.07, 6.45) is 3.30. The van der Waals surface area contributed by atoms with E-state index in [2.05, 4.69) is 11.1 Å². The summed E-state index contributed by atoms with van der Waals surface area (Å²) in [6, 6.07) is 8.13. The minimum Gasteiger partial charge on any atom is -0.371 e. The second-order valence-electron chi connectivity index (χ2n) is 4.62. The number of hydrogen-bond acceptors (Lipinski definition) is 4. The molecule has 0 atom stereocenters. The van der Waals surface area contributed by atoms with Gasteiger partial charge in [-0.1, -0.05) is 12.1 Å². The summed E-state index contributed by atoms with van der Waals surface area (Å²) < 4.78 is 7.05. The number of thiazole rings is 1. The summed E-state index contributed by atoms with van der Waals surface area (Å²) in [7, 11) is 0. The number of nitrogens with zero attached hydrogens (tertiary/aromatic N) is 1. The Kier molecular flexibility index (Phi) is 3.39. The molecule has 2 aromatic rings. The fourth-order valence-electron chi connectivity index (χ4n) is 2.25. The summed E-state index contributed by atoms with van der Waals surface area (Å²) in [5.41, 5.74) is 1.04. The molecule has 0 amide bonds. The van der Waals surface area contributed by atoms with Gasteiger partial charge < -0.3 is 4.74 Å². The van der Waals surface area contributed by atoms with Crippen LogP contribution in [0, 0.1) is 0 Å². The van der Waals surface area contributed by atoms with Crippen molar-refractivity contribution in [1.29, 1.82) is 0 Å². The van der Waals surface area contributed by atoms with Crippen LogP contribution in [0.25, 0.3) is 10.2 Å². The maximum Gasteiger partial charge on any atom is 0.133 e. The highest BCUT2D eigenvalue weighted by atomic mass is 32.1. The number of ketones is 1. The topological polar surface area (TPSA) is 39.2 Å². The van der Waals surface area contributed by atoms with Crippen molar-refractivity contribution in [2.24, 2.45) is 0 Å². The Hall–Kier alpha value is -1.26. The van der Waals surface area contributed by atoms with Crippen LogP contribution in [0.3, 0.4) is 0 Å². The van der Waals surface area contributed by atoms with Crippen LogP contribution in [-0.4, -0.2) is 16.9 Å². The zero-order valence-corrected chi connectivity index (χ0v) is 10.9. The Morgan fingerprint density at radius 1 is 1.28 bits per heavy atom. The number of carbonyl (C=O) groups is 1. The highest BCUT2D eigenvalue weighted by molar-refractivity contribution is 7.18. The number of fused-ring (bicyclic) bond motifs is 1. The number of Topliss-reactive ketones (excluding diaryl/α,β-unsaturated/α-hetero) is 1. The molecule has 1 saturated carbocycles. The molecule has 0 N–H and O–H groups in total. The van der Waals surface area contributed by atoms with Gasteiger partial charge in [-0.3, -0.25) is 4.79 Å². The number of aromatic nitrogens is 1. The van der Waals surface area contributed by atoms with E-state index in [9.17, 15) is 4.79 Å². The second kappa shape index (κ2) is 5.16. The maximum absolute atomic E-state index is 11.1. The van der Waals surface area contributed by atoms with Gasteiger partial charge >= 0.3 is 0 Å². The maximum atomic E-state index is 11.1. The quantitative estimate of drug-likeness (QED) is 0.850. The lowest BCUT2D eigenvalue weighted by molar-refractivity contribution is -0.123. The molecule has 0 bridgehead atoms. The largest absolute Gasteiger partial charge is 0.371 e. The predicted molar refractivity (Wildman–Crippen MR) is 71.7 cm³/mol. The second-order valence-corrected chi connectivity index (χ2v) is 5.74. The summed E-state index contributed by atoms with van der Waals surface area (Å²) in [5.74, 6) is 0.370. The molecule has 94 valence electrons. The van der Waals surface area contributed by atoms with E-state index < -0.39 is 0 Å². The van der Waals surface area contributed by atoms with Gasteiger partial charge in [0.1, 0.15) is 10.8 Å². The molecule has 3 rings (SSSR count). The van der Waals surface area contributed by atoms with E-state index in [-0.39, 0.29) is 6.10 Å². The van der Waals surface area contributed by atoms with Gasteiger partial charge in [0.2, 0.25) is 0 Å². The monoisotopic (exact) mass is 261 g/mol. The van der Waals surface area contributed by atoms with Gasteiger partial charge in [-0.15, -0.1) is 11.3 Å². The highest BCUT2D eigenvalue weighted by Crippen LogP contribution is 2.24. The van der Waals surface area contributed by atoms with E-state index >= 15 is 0 Å². The number of ether oxygens (including phenoxy) is 1. The first-order valence-corrected chi connectivity index (χ1v) is 7.10. The molecule has 1 aliphatic rings. The van der Waals surface area contributed by atoms with Crippen LogP contribution in [0.2, 0.25) is 0 Å². The molecule has 0 spiro atoms. The Morgan fingerprint density at radius 2 is 2.06 bits per heavy atom. The average molecular weight is 261 g/mol. The number of hydrogen-bond donors (Lipinski definition) is 0. The first kappa shape index (κ1) is 11.8. The van der Waals surface area contributed by atoms with Gasteiger partial charge in [0.15, 0.2) is 0 Å². The first-order valence-electron chi connectivity index (χ1n) is 6.29. The lowest BCUT2D eigenvalue weighted by Crippen LogP contribution is -2.21. The normalized spacial score (nSPS) is 17.4. The molecule has 0 saturated heterocycles. The third kappa shape index (κ3) is 2.60. The van der Waals surface area contributed by atoms with Crippen molar-refractivity contribution >= 4 is 27.3 Å². The molecular formula is C14H15NO2S. The first-order chi connectivity index (χ1) is 8.81. The zero-order valence-electron chi connectivity index (χ0n) is 10.1. The number of rotatable bonds is 3. The summed E-state index contributed by atoms with van der Waals surface area (Å²) in [4.78, 5) is 15.7. The van der Waals surface area contributed by atoms with Crippen molar-refractivity contribution in [3.8, 4) is 0 Å². The van der Waals surface area contributed by atoms with E-state index in [4.69, 9.17) is 4.74 Å². The third-order valence-corrected chi connectivity index (χ3v) is 4.28. The molecule has 1 fully saturated rings. The fraction of sp³-hybridized carbons (Fsp3) is 0.429. The average Bonchev–Trinajstić information content (AvgIpc) is 2.81. The Bertz CT molecular complexity index is 521. The fourth-order valence-corrected chi connectivity index (χ4v) is 3.14. The number of benzene rings is 1. The molecule has 4 heteroatoms. The third-order valence-electron chi connectivity index (χ3n) is 3.27. The molecule has 1 aromatic carbocycles. The van der Waals surface area contributed by atoms with Crippen molar-refractivity contribution < 1.29 is 9.53 Å². The van der Waals surface area contributed by atoms with Crippen LogP contribution in [-0.2, 0) is 16.1 Å². The smallest absolute Gasteiger partial charge is 0.133 e. The van der Waals surface area contributed by atoms with E-state index in [1.54, 1.807) is 11.3 Å². The van der Waals surface area contributed by atoms with Gasteiger partial charge in [0, 0.05) is 12.8 Å². The Morgan fingerprint density at radius 3 is 2.83 bits per heavy atom. The summed E-state index contributed by atoms with van der Waals surface area (Å²) in [5, 5.41) is 1.02. The van der Waals surface area contributed by atoms with Crippen LogP contribution in [0.15, 0.2) is 24.3 Å². The molecular weight excluding hydrogens is 246 g/mol. The highest BCUT2D eigenvalue weighted by Gasteiger charge is 2.19. The van der Waals surface area contributed by atoms with Gasteiger partial charge in [0.25, 0.3) is 0 Å². The Labute approximate surface area is 110 Å². The van der Waals surface area contributed by atoms with Gasteiger partial charge in [-0.05, 0) is 25.0 Å².